The van der Waals surface area contributed by atoms with E-state index in [2.05, 4.69) is 0 Å². The Morgan fingerprint density at radius 2 is 1.83 bits per heavy atom. The van der Waals surface area contributed by atoms with Crippen molar-refractivity contribution in [2.45, 2.75) is 19.4 Å². The van der Waals surface area contributed by atoms with E-state index in [4.69, 9.17) is 23.2 Å². The van der Waals surface area contributed by atoms with Gasteiger partial charge in [-0.2, -0.15) is 0 Å². The third kappa shape index (κ3) is 3.05. The first-order valence-electron chi connectivity index (χ1n) is 5.75. The van der Waals surface area contributed by atoms with Crippen LogP contribution in [0.5, 0.6) is 0 Å². The molecule has 0 radical (unpaired) electrons. The molecule has 1 nitrogen and oxygen atoms in total. The van der Waals surface area contributed by atoms with Crippen molar-refractivity contribution in [1.82, 2.24) is 0 Å². The molecule has 0 aliphatic rings. The summed E-state index contributed by atoms with van der Waals surface area (Å²) >= 11 is 12.0. The van der Waals surface area contributed by atoms with Gasteiger partial charge in [-0.1, -0.05) is 53.5 Å². The summed E-state index contributed by atoms with van der Waals surface area (Å²) in [6, 6.07) is 13.1. The third-order valence-corrected chi connectivity index (χ3v) is 3.56. The van der Waals surface area contributed by atoms with E-state index in [0.29, 0.717) is 16.5 Å². The van der Waals surface area contributed by atoms with Crippen LogP contribution >= 0.6 is 23.2 Å². The highest BCUT2D eigenvalue weighted by atomic mass is 35.5. The van der Waals surface area contributed by atoms with Crippen molar-refractivity contribution in [2.75, 3.05) is 0 Å². The second-order valence-electron chi connectivity index (χ2n) is 4.31. The lowest BCUT2D eigenvalue weighted by Crippen LogP contribution is -2.04. The van der Waals surface area contributed by atoms with Gasteiger partial charge in [0.15, 0.2) is 0 Å². The summed E-state index contributed by atoms with van der Waals surface area (Å²) in [4.78, 5) is 0. The fourth-order valence-electron chi connectivity index (χ4n) is 1.97. The zero-order chi connectivity index (χ0) is 13.1. The van der Waals surface area contributed by atoms with Crippen LogP contribution in [0.2, 0.25) is 10.0 Å². The van der Waals surface area contributed by atoms with Crippen LogP contribution in [0, 0.1) is 6.92 Å². The maximum Gasteiger partial charge on any atom is 0.0833 e. The minimum Gasteiger partial charge on any atom is -0.388 e. The maximum absolute atomic E-state index is 10.3. The third-order valence-electron chi connectivity index (χ3n) is 2.98. The summed E-state index contributed by atoms with van der Waals surface area (Å²) in [5, 5.41) is 11.5. The van der Waals surface area contributed by atoms with E-state index in [1.54, 1.807) is 12.1 Å². The van der Waals surface area contributed by atoms with Crippen LogP contribution in [-0.2, 0) is 6.42 Å². The number of benzene rings is 2. The van der Waals surface area contributed by atoms with Crippen LogP contribution < -0.4 is 0 Å². The van der Waals surface area contributed by atoms with E-state index >= 15 is 0 Å². The number of hydrogen-bond acceptors (Lipinski definition) is 1. The fraction of sp³-hybridized carbons (Fsp3) is 0.200. The number of hydrogen-bond donors (Lipinski definition) is 1. The molecule has 2 aromatic rings. The summed E-state index contributed by atoms with van der Waals surface area (Å²) in [5.41, 5.74) is 2.91. The van der Waals surface area contributed by atoms with E-state index in [-0.39, 0.29) is 0 Å². The Morgan fingerprint density at radius 3 is 2.50 bits per heavy atom. The molecule has 94 valence electrons. The summed E-state index contributed by atoms with van der Waals surface area (Å²) in [6.45, 7) is 1.99. The molecule has 0 aromatic heterocycles. The first kappa shape index (κ1) is 13.4. The van der Waals surface area contributed by atoms with Gasteiger partial charge in [0.1, 0.15) is 0 Å². The van der Waals surface area contributed by atoms with Crippen molar-refractivity contribution in [3.63, 3.8) is 0 Å². The molecule has 1 unspecified atom stereocenters. The predicted molar refractivity (Wildman–Crippen MR) is 76.3 cm³/mol. The Labute approximate surface area is 117 Å². The molecule has 0 saturated heterocycles. The highest BCUT2D eigenvalue weighted by Gasteiger charge is 2.12. The van der Waals surface area contributed by atoms with Crippen molar-refractivity contribution in [3.05, 3.63) is 69.2 Å². The van der Waals surface area contributed by atoms with Crippen LogP contribution in [0.4, 0.5) is 0 Å². The van der Waals surface area contributed by atoms with E-state index < -0.39 is 6.10 Å². The van der Waals surface area contributed by atoms with Gasteiger partial charge in [-0.25, -0.2) is 0 Å². The average Bonchev–Trinajstić information content (AvgIpc) is 2.33. The Kier molecular flexibility index (Phi) is 4.28. The average molecular weight is 281 g/mol. The van der Waals surface area contributed by atoms with Crippen LogP contribution in [0.15, 0.2) is 42.5 Å². The maximum atomic E-state index is 10.3. The number of rotatable bonds is 3. The molecule has 18 heavy (non-hydrogen) atoms. The molecule has 1 N–H and O–H groups in total. The minimum atomic E-state index is -0.551. The number of halogens is 2. The van der Waals surface area contributed by atoms with Gasteiger partial charge in [-0.3, -0.25) is 0 Å². The summed E-state index contributed by atoms with van der Waals surface area (Å²) < 4.78 is 0. The molecule has 2 aromatic carbocycles. The van der Waals surface area contributed by atoms with Crippen LogP contribution in [-0.4, -0.2) is 5.11 Å². The first-order valence-corrected chi connectivity index (χ1v) is 6.51. The van der Waals surface area contributed by atoms with Gasteiger partial charge in [-0.15, -0.1) is 0 Å². The van der Waals surface area contributed by atoms with E-state index in [9.17, 15) is 5.11 Å². The van der Waals surface area contributed by atoms with Gasteiger partial charge in [0.2, 0.25) is 0 Å². The molecular weight excluding hydrogens is 267 g/mol. The molecule has 3 heteroatoms. The quantitative estimate of drug-likeness (QED) is 0.873. The molecule has 0 bridgehead atoms. The van der Waals surface area contributed by atoms with Crippen molar-refractivity contribution >= 4 is 23.2 Å². The van der Waals surface area contributed by atoms with Crippen molar-refractivity contribution < 1.29 is 5.11 Å². The number of aryl methyl sites for hydroxylation is 1. The largest absolute Gasteiger partial charge is 0.388 e. The minimum absolute atomic E-state index is 0.487. The second kappa shape index (κ2) is 5.75. The summed E-state index contributed by atoms with van der Waals surface area (Å²) in [7, 11) is 0. The Balaban J connectivity index is 2.21. The van der Waals surface area contributed by atoms with Gasteiger partial charge in [0.05, 0.1) is 6.10 Å². The number of aliphatic hydroxyl groups excluding tert-OH is 1. The molecule has 0 heterocycles. The standard InChI is InChI=1S/C15H14Cl2O/c1-10-4-2-3-5-13(10)15(18)8-11-6-7-12(16)9-14(11)17/h2-7,9,15,18H,8H2,1H3. The fourth-order valence-corrected chi connectivity index (χ4v) is 2.45. The normalized spacial score (nSPS) is 12.4. The van der Waals surface area contributed by atoms with Gasteiger partial charge in [0, 0.05) is 16.5 Å². The highest BCUT2D eigenvalue weighted by molar-refractivity contribution is 6.35. The van der Waals surface area contributed by atoms with E-state index in [1.807, 2.05) is 37.3 Å². The van der Waals surface area contributed by atoms with Crippen LogP contribution in [0.1, 0.15) is 22.8 Å². The smallest absolute Gasteiger partial charge is 0.0833 e. The van der Waals surface area contributed by atoms with Crippen LogP contribution in [0.3, 0.4) is 0 Å². The zero-order valence-corrected chi connectivity index (χ0v) is 11.5. The predicted octanol–water partition coefficient (Wildman–Crippen LogP) is 4.58. The summed E-state index contributed by atoms with van der Waals surface area (Å²) in [6.07, 6.45) is -0.0641. The van der Waals surface area contributed by atoms with Gasteiger partial charge >= 0.3 is 0 Å². The summed E-state index contributed by atoms with van der Waals surface area (Å²) in [5.74, 6) is 0. The topological polar surface area (TPSA) is 20.2 Å². The van der Waals surface area contributed by atoms with Crippen LogP contribution in [0.25, 0.3) is 0 Å². The second-order valence-corrected chi connectivity index (χ2v) is 5.16. The van der Waals surface area contributed by atoms with E-state index in [1.165, 1.54) is 0 Å². The lowest BCUT2D eigenvalue weighted by atomic mass is 9.98. The molecule has 0 aliphatic carbocycles. The molecule has 0 spiro atoms. The van der Waals surface area contributed by atoms with Crippen molar-refractivity contribution in [3.8, 4) is 0 Å². The molecular formula is C15H14Cl2O. The molecule has 0 fully saturated rings. The SMILES string of the molecule is Cc1ccccc1C(O)Cc1ccc(Cl)cc1Cl. The van der Waals surface area contributed by atoms with E-state index in [0.717, 1.165) is 16.7 Å². The van der Waals surface area contributed by atoms with Gasteiger partial charge in [-0.05, 0) is 35.7 Å². The molecule has 1 atom stereocenters. The van der Waals surface area contributed by atoms with Gasteiger partial charge < -0.3 is 5.11 Å². The number of aliphatic hydroxyl groups is 1. The monoisotopic (exact) mass is 280 g/mol. The first-order chi connectivity index (χ1) is 8.58. The lowest BCUT2D eigenvalue weighted by Gasteiger charge is -2.14. The molecule has 2 rings (SSSR count). The van der Waals surface area contributed by atoms with Crippen molar-refractivity contribution in [2.24, 2.45) is 0 Å². The zero-order valence-electron chi connectivity index (χ0n) is 10.0. The molecule has 0 amide bonds. The Hall–Kier alpha value is -1.02. The highest BCUT2D eigenvalue weighted by Crippen LogP contribution is 2.27. The molecule has 0 saturated carbocycles. The van der Waals surface area contributed by atoms with Crippen molar-refractivity contribution in [1.29, 1.82) is 0 Å². The Bertz CT molecular complexity index is 552. The Morgan fingerprint density at radius 1 is 1.11 bits per heavy atom. The van der Waals surface area contributed by atoms with Gasteiger partial charge in [0.25, 0.3) is 0 Å². The molecule has 0 aliphatic heterocycles. The lowest BCUT2D eigenvalue weighted by molar-refractivity contribution is 0.178.